The van der Waals surface area contributed by atoms with Gasteiger partial charge in [-0.15, -0.1) is 0 Å². The molecule has 0 aliphatic heterocycles. The van der Waals surface area contributed by atoms with Crippen LogP contribution < -0.4 is 0 Å². The molecular formula is C16H12BrNO3S. The van der Waals surface area contributed by atoms with Crippen molar-refractivity contribution in [1.29, 1.82) is 5.26 Å². The third-order valence-electron chi connectivity index (χ3n) is 2.53. The van der Waals surface area contributed by atoms with Gasteiger partial charge in [-0.2, -0.15) is 5.26 Å². The van der Waals surface area contributed by atoms with Crippen LogP contribution in [-0.4, -0.2) is 12.6 Å². The summed E-state index contributed by atoms with van der Waals surface area (Å²) in [7, 11) is 0. The molecule has 0 aliphatic carbocycles. The Labute approximate surface area is 140 Å². The molecule has 2 aromatic rings. The molecule has 0 radical (unpaired) electrons. The molecule has 1 aromatic heterocycles. The van der Waals surface area contributed by atoms with Gasteiger partial charge in [0, 0.05) is 11.0 Å². The maximum absolute atomic E-state index is 11.6. The first-order valence-electron chi connectivity index (χ1n) is 6.45. The topological polar surface area (TPSA) is 63.2 Å². The zero-order valence-electron chi connectivity index (χ0n) is 11.7. The molecule has 4 nitrogen and oxygen atoms in total. The first-order chi connectivity index (χ1) is 10.6. The molecule has 0 saturated heterocycles. The lowest BCUT2D eigenvalue weighted by Crippen LogP contribution is -2.05. The monoisotopic (exact) mass is 377 g/mol. The zero-order chi connectivity index (χ0) is 15.9. The van der Waals surface area contributed by atoms with Crippen molar-refractivity contribution in [1.82, 2.24) is 0 Å². The molecule has 0 atom stereocenters. The molecule has 1 aromatic carbocycles. The van der Waals surface area contributed by atoms with Crippen LogP contribution in [0.3, 0.4) is 0 Å². The number of rotatable bonds is 5. The highest BCUT2D eigenvalue weighted by molar-refractivity contribution is 9.10. The van der Waals surface area contributed by atoms with Crippen LogP contribution in [0.15, 0.2) is 60.8 Å². The third-order valence-corrected chi connectivity index (χ3v) is 4.38. The van der Waals surface area contributed by atoms with Gasteiger partial charge < -0.3 is 9.15 Å². The van der Waals surface area contributed by atoms with Crippen LogP contribution in [0.5, 0.6) is 0 Å². The van der Waals surface area contributed by atoms with Gasteiger partial charge in [0.15, 0.2) is 5.09 Å². The van der Waals surface area contributed by atoms with Crippen LogP contribution in [0.4, 0.5) is 0 Å². The minimum Gasteiger partial charge on any atom is -0.462 e. The van der Waals surface area contributed by atoms with E-state index in [9.17, 15) is 4.79 Å². The second kappa shape index (κ2) is 7.87. The number of furan rings is 1. The lowest BCUT2D eigenvalue weighted by molar-refractivity contribution is -0.137. The number of esters is 1. The smallest absolute Gasteiger partial charge is 0.349 e. The van der Waals surface area contributed by atoms with E-state index in [0.717, 1.165) is 9.37 Å². The summed E-state index contributed by atoms with van der Waals surface area (Å²) in [6.07, 6.45) is 1.37. The predicted molar refractivity (Wildman–Crippen MR) is 87.2 cm³/mol. The van der Waals surface area contributed by atoms with E-state index in [1.54, 1.807) is 13.0 Å². The Hall–Kier alpha value is -1.97. The summed E-state index contributed by atoms with van der Waals surface area (Å²) >= 11 is 4.86. The number of halogens is 1. The number of carbonyl (C=O) groups excluding carboxylic acids is 1. The highest BCUT2D eigenvalue weighted by Gasteiger charge is 2.14. The van der Waals surface area contributed by atoms with Gasteiger partial charge in [0.25, 0.3) is 0 Å². The van der Waals surface area contributed by atoms with Crippen molar-refractivity contribution in [3.8, 4) is 6.07 Å². The van der Waals surface area contributed by atoms with Gasteiger partial charge in [0.05, 0.1) is 11.1 Å². The Morgan fingerprint density at radius 2 is 2.18 bits per heavy atom. The van der Waals surface area contributed by atoms with E-state index in [-0.39, 0.29) is 12.2 Å². The summed E-state index contributed by atoms with van der Waals surface area (Å²) < 4.78 is 11.2. The molecular weight excluding hydrogens is 366 g/mol. The van der Waals surface area contributed by atoms with Crippen molar-refractivity contribution in [2.24, 2.45) is 0 Å². The van der Waals surface area contributed by atoms with Crippen LogP contribution in [0.1, 0.15) is 12.7 Å². The zero-order valence-corrected chi connectivity index (χ0v) is 14.1. The molecule has 0 spiro atoms. The van der Waals surface area contributed by atoms with E-state index in [1.807, 2.05) is 36.4 Å². The normalized spacial score (nSPS) is 11.0. The summed E-state index contributed by atoms with van der Waals surface area (Å²) in [6, 6.07) is 13.3. The maximum atomic E-state index is 11.6. The van der Waals surface area contributed by atoms with Crippen LogP contribution in [0, 0.1) is 11.3 Å². The second-order valence-electron chi connectivity index (χ2n) is 4.09. The van der Waals surface area contributed by atoms with Gasteiger partial charge in [-0.05, 0) is 41.1 Å². The summed E-state index contributed by atoms with van der Waals surface area (Å²) in [6.45, 7) is 1.90. The van der Waals surface area contributed by atoms with Crippen molar-refractivity contribution in [3.05, 3.63) is 52.2 Å². The third kappa shape index (κ3) is 4.26. The second-order valence-corrected chi connectivity index (χ2v) is 5.99. The largest absolute Gasteiger partial charge is 0.462 e. The van der Waals surface area contributed by atoms with E-state index in [0.29, 0.717) is 10.9 Å². The van der Waals surface area contributed by atoms with Crippen LogP contribution >= 0.6 is 27.7 Å². The van der Waals surface area contributed by atoms with Gasteiger partial charge in [-0.1, -0.05) is 30.0 Å². The number of hydrogen-bond acceptors (Lipinski definition) is 5. The molecule has 0 fully saturated rings. The maximum Gasteiger partial charge on any atom is 0.349 e. The average Bonchev–Trinajstić information content (AvgIpc) is 2.86. The Kier molecular flexibility index (Phi) is 5.87. The number of nitrogens with zero attached hydrogens (tertiary/aromatic N) is 1. The van der Waals surface area contributed by atoms with Crippen molar-refractivity contribution in [3.63, 3.8) is 0 Å². The SMILES string of the molecule is CCOC(=O)/C(C#N)=C\c1cc(Br)c(Sc2ccccc2)o1. The first-order valence-corrected chi connectivity index (χ1v) is 8.06. The van der Waals surface area contributed by atoms with Gasteiger partial charge in [0.2, 0.25) is 0 Å². The van der Waals surface area contributed by atoms with Crippen molar-refractivity contribution in [2.45, 2.75) is 16.9 Å². The van der Waals surface area contributed by atoms with E-state index in [2.05, 4.69) is 15.9 Å². The first kappa shape index (κ1) is 16.4. The Balaban J connectivity index is 2.22. The molecule has 22 heavy (non-hydrogen) atoms. The van der Waals surface area contributed by atoms with Gasteiger partial charge in [-0.25, -0.2) is 4.79 Å². The van der Waals surface area contributed by atoms with Crippen LogP contribution in [0.2, 0.25) is 0 Å². The van der Waals surface area contributed by atoms with E-state index < -0.39 is 5.97 Å². The predicted octanol–water partition coefficient (Wildman–Crippen LogP) is 4.66. The van der Waals surface area contributed by atoms with E-state index in [1.165, 1.54) is 17.8 Å². The standard InChI is InChI=1S/C16H12BrNO3S/c1-2-20-15(19)11(10-18)8-12-9-14(17)16(21-12)22-13-6-4-3-5-7-13/h3-9H,2H2,1H3/b11-8-. The fraction of sp³-hybridized carbons (Fsp3) is 0.125. The number of carbonyl (C=O) groups is 1. The van der Waals surface area contributed by atoms with Crippen molar-refractivity contribution >= 4 is 39.7 Å². The molecule has 1 heterocycles. The Morgan fingerprint density at radius 3 is 2.82 bits per heavy atom. The number of nitriles is 1. The molecule has 0 saturated carbocycles. The van der Waals surface area contributed by atoms with Crippen LogP contribution in [0.25, 0.3) is 6.08 Å². The quantitative estimate of drug-likeness (QED) is 0.430. The van der Waals surface area contributed by atoms with Crippen LogP contribution in [-0.2, 0) is 9.53 Å². The number of hydrogen-bond donors (Lipinski definition) is 0. The Bertz CT molecular complexity index is 732. The number of benzene rings is 1. The summed E-state index contributed by atoms with van der Waals surface area (Å²) in [5, 5.41) is 9.67. The Morgan fingerprint density at radius 1 is 1.45 bits per heavy atom. The number of ether oxygens (including phenoxy) is 1. The molecule has 0 aliphatic rings. The molecule has 0 amide bonds. The van der Waals surface area contributed by atoms with Gasteiger partial charge in [-0.3, -0.25) is 0 Å². The van der Waals surface area contributed by atoms with Crippen molar-refractivity contribution < 1.29 is 13.9 Å². The molecule has 112 valence electrons. The lowest BCUT2D eigenvalue weighted by atomic mass is 10.2. The lowest BCUT2D eigenvalue weighted by Gasteiger charge is -1.98. The fourth-order valence-electron chi connectivity index (χ4n) is 1.59. The van der Waals surface area contributed by atoms with Crippen molar-refractivity contribution in [2.75, 3.05) is 6.61 Å². The highest BCUT2D eigenvalue weighted by Crippen LogP contribution is 2.36. The van der Waals surface area contributed by atoms with Gasteiger partial charge >= 0.3 is 5.97 Å². The molecule has 2 rings (SSSR count). The fourth-order valence-corrected chi connectivity index (χ4v) is 2.94. The van der Waals surface area contributed by atoms with E-state index in [4.69, 9.17) is 14.4 Å². The molecule has 0 bridgehead atoms. The molecule has 0 unspecified atom stereocenters. The van der Waals surface area contributed by atoms with E-state index >= 15 is 0 Å². The summed E-state index contributed by atoms with van der Waals surface area (Å²) in [5.74, 6) is -0.246. The molecule has 6 heteroatoms. The minimum atomic E-state index is -0.658. The average molecular weight is 378 g/mol. The molecule has 0 N–H and O–H groups in total. The summed E-state index contributed by atoms with van der Waals surface area (Å²) in [5.41, 5.74) is -0.0978. The minimum absolute atomic E-state index is 0.0978. The summed E-state index contributed by atoms with van der Waals surface area (Å²) in [4.78, 5) is 12.6. The van der Waals surface area contributed by atoms with Gasteiger partial charge in [0.1, 0.15) is 17.4 Å². The highest BCUT2D eigenvalue weighted by atomic mass is 79.9.